The zero-order valence-electron chi connectivity index (χ0n) is 18.8. The molecule has 8 aromatic rings. The van der Waals surface area contributed by atoms with Crippen molar-refractivity contribution in [3.05, 3.63) is 116 Å². The Morgan fingerprint density at radius 1 is 0.486 bits per heavy atom. The average molecular weight is 446 g/mol. The van der Waals surface area contributed by atoms with Crippen molar-refractivity contribution in [2.45, 2.75) is 0 Å². The number of hydrogen-bond donors (Lipinski definition) is 0. The van der Waals surface area contributed by atoms with Crippen LogP contribution in [-0.2, 0) is 0 Å². The van der Waals surface area contributed by atoms with Crippen LogP contribution in [0.3, 0.4) is 0 Å². The number of fused-ring (bicyclic) bond motifs is 7. The van der Waals surface area contributed by atoms with Crippen LogP contribution in [0.25, 0.3) is 71.4 Å². The predicted molar refractivity (Wildman–Crippen MR) is 145 cm³/mol. The van der Waals surface area contributed by atoms with Gasteiger partial charge in [0.2, 0.25) is 0 Å². The highest BCUT2D eigenvalue weighted by Gasteiger charge is 2.18. The van der Waals surface area contributed by atoms with Crippen LogP contribution < -0.4 is 0 Å². The number of nitrogens with zero attached hydrogens (tertiary/aromatic N) is 3. The maximum absolute atomic E-state index is 4.62. The Labute approximate surface area is 201 Å². The molecule has 0 aliphatic heterocycles. The third-order valence-corrected chi connectivity index (χ3v) is 7.21. The van der Waals surface area contributed by atoms with Gasteiger partial charge >= 0.3 is 0 Å². The second-order valence-electron chi connectivity index (χ2n) is 9.10. The molecule has 8 rings (SSSR count). The highest BCUT2D eigenvalue weighted by molar-refractivity contribution is 6.24. The van der Waals surface area contributed by atoms with Gasteiger partial charge in [-0.25, -0.2) is 0 Å². The summed E-state index contributed by atoms with van der Waals surface area (Å²) in [6.45, 7) is 0. The highest BCUT2D eigenvalue weighted by atomic mass is 14.9. The first-order valence-electron chi connectivity index (χ1n) is 11.8. The van der Waals surface area contributed by atoms with E-state index in [1.807, 2.05) is 24.5 Å². The van der Waals surface area contributed by atoms with E-state index in [4.69, 9.17) is 0 Å². The molecule has 4 aromatic heterocycles. The molecule has 0 amide bonds. The minimum atomic E-state index is 0.911. The van der Waals surface area contributed by atoms with Crippen LogP contribution in [0.2, 0.25) is 0 Å². The number of para-hydroxylation sites is 2. The zero-order chi connectivity index (χ0) is 22.9. The zero-order valence-corrected chi connectivity index (χ0v) is 18.8. The molecule has 162 valence electrons. The summed E-state index contributed by atoms with van der Waals surface area (Å²) < 4.78 is 2.42. The SMILES string of the molecule is c1cc(-c2cc3c4ccccc4n4c5ccccc5c(c2)c34)cc(-c2ccnc3cccnc23)c1. The van der Waals surface area contributed by atoms with Gasteiger partial charge in [-0.2, -0.15) is 0 Å². The summed E-state index contributed by atoms with van der Waals surface area (Å²) in [5, 5.41) is 5.18. The Bertz CT molecular complexity index is 1980. The van der Waals surface area contributed by atoms with E-state index in [2.05, 4.69) is 105 Å². The summed E-state index contributed by atoms with van der Waals surface area (Å²) in [6, 6.07) is 36.9. The first-order chi connectivity index (χ1) is 17.4. The molecule has 0 radical (unpaired) electrons. The summed E-state index contributed by atoms with van der Waals surface area (Å²) in [4.78, 5) is 9.11. The van der Waals surface area contributed by atoms with Gasteiger partial charge in [0.05, 0.1) is 27.6 Å². The van der Waals surface area contributed by atoms with Gasteiger partial charge in [-0.3, -0.25) is 9.97 Å². The lowest BCUT2D eigenvalue weighted by molar-refractivity contribution is 1.34. The quantitative estimate of drug-likeness (QED) is 0.269. The van der Waals surface area contributed by atoms with E-state index in [1.165, 1.54) is 49.2 Å². The van der Waals surface area contributed by atoms with Gasteiger partial charge < -0.3 is 4.40 Å². The lowest BCUT2D eigenvalue weighted by Crippen LogP contribution is -1.88. The predicted octanol–water partition coefficient (Wildman–Crippen LogP) is 8.11. The largest absolute Gasteiger partial charge is 0.308 e. The Balaban J connectivity index is 1.43. The minimum Gasteiger partial charge on any atom is -0.308 e. The third kappa shape index (κ3) is 2.55. The maximum atomic E-state index is 4.62. The summed E-state index contributed by atoms with van der Waals surface area (Å²) >= 11 is 0. The lowest BCUT2D eigenvalue weighted by atomic mass is 9.96. The molecule has 0 bridgehead atoms. The van der Waals surface area contributed by atoms with Crippen molar-refractivity contribution in [2.75, 3.05) is 0 Å². The van der Waals surface area contributed by atoms with Crippen LogP contribution in [0.15, 0.2) is 116 Å². The molecule has 0 saturated heterocycles. The fourth-order valence-corrected chi connectivity index (χ4v) is 5.69. The summed E-state index contributed by atoms with van der Waals surface area (Å²) in [7, 11) is 0. The van der Waals surface area contributed by atoms with Gasteiger partial charge in [0.1, 0.15) is 0 Å². The molecular weight excluding hydrogens is 426 g/mol. The third-order valence-electron chi connectivity index (χ3n) is 7.21. The first kappa shape index (κ1) is 18.6. The van der Waals surface area contributed by atoms with Crippen molar-refractivity contribution in [1.82, 2.24) is 14.4 Å². The molecule has 3 heteroatoms. The van der Waals surface area contributed by atoms with Crippen molar-refractivity contribution < 1.29 is 0 Å². The molecule has 4 aromatic carbocycles. The molecule has 3 nitrogen and oxygen atoms in total. The molecular formula is C32H19N3. The van der Waals surface area contributed by atoms with Crippen LogP contribution in [0.1, 0.15) is 0 Å². The van der Waals surface area contributed by atoms with E-state index < -0.39 is 0 Å². The van der Waals surface area contributed by atoms with E-state index in [-0.39, 0.29) is 0 Å². The molecule has 0 fully saturated rings. The van der Waals surface area contributed by atoms with Crippen LogP contribution in [-0.4, -0.2) is 14.4 Å². The van der Waals surface area contributed by atoms with E-state index in [0.717, 1.165) is 22.2 Å². The molecule has 35 heavy (non-hydrogen) atoms. The number of aromatic nitrogens is 3. The molecule has 0 aliphatic carbocycles. The van der Waals surface area contributed by atoms with Gasteiger partial charge in [0, 0.05) is 39.5 Å². The van der Waals surface area contributed by atoms with Gasteiger partial charge in [0.25, 0.3) is 0 Å². The standard InChI is InChI=1S/C32H19N3/c1-3-12-29-24(9-1)26-18-22(19-27-25-10-2-4-13-30(25)35(29)32(26)27)20-7-5-8-21(17-20)23-14-16-33-28-11-6-15-34-31(23)28/h1-19H. The topological polar surface area (TPSA) is 30.2 Å². The monoisotopic (exact) mass is 445 g/mol. The van der Waals surface area contributed by atoms with E-state index in [9.17, 15) is 0 Å². The van der Waals surface area contributed by atoms with Gasteiger partial charge in [-0.05, 0) is 65.2 Å². The molecule has 0 spiro atoms. The Morgan fingerprint density at radius 2 is 1.20 bits per heavy atom. The normalized spacial score (nSPS) is 12.0. The number of rotatable bonds is 2. The minimum absolute atomic E-state index is 0.911. The molecule has 0 aliphatic rings. The average Bonchev–Trinajstić information content (AvgIpc) is 3.44. The van der Waals surface area contributed by atoms with Crippen LogP contribution in [0, 0.1) is 0 Å². The van der Waals surface area contributed by atoms with Crippen molar-refractivity contribution in [1.29, 1.82) is 0 Å². The fraction of sp³-hybridized carbons (Fsp3) is 0. The lowest BCUT2D eigenvalue weighted by Gasteiger charge is -2.09. The smallest absolute Gasteiger partial charge is 0.0964 e. The Kier molecular flexibility index (Phi) is 3.66. The van der Waals surface area contributed by atoms with Crippen LogP contribution in [0.5, 0.6) is 0 Å². The van der Waals surface area contributed by atoms with Gasteiger partial charge in [-0.1, -0.05) is 54.6 Å². The summed E-state index contributed by atoms with van der Waals surface area (Å²) in [6.07, 6.45) is 3.70. The second-order valence-corrected chi connectivity index (χ2v) is 9.10. The number of benzene rings is 4. The molecule has 4 heterocycles. The van der Waals surface area contributed by atoms with Crippen molar-refractivity contribution in [2.24, 2.45) is 0 Å². The van der Waals surface area contributed by atoms with Crippen molar-refractivity contribution in [3.8, 4) is 22.3 Å². The first-order valence-corrected chi connectivity index (χ1v) is 11.8. The molecule has 0 unspecified atom stereocenters. The summed E-state index contributed by atoms with van der Waals surface area (Å²) in [5.74, 6) is 0. The van der Waals surface area contributed by atoms with E-state index in [1.54, 1.807) is 0 Å². The summed E-state index contributed by atoms with van der Waals surface area (Å²) in [5.41, 5.74) is 10.3. The Morgan fingerprint density at radius 3 is 1.97 bits per heavy atom. The molecule has 0 atom stereocenters. The number of pyridine rings is 2. The van der Waals surface area contributed by atoms with Crippen LogP contribution in [0.4, 0.5) is 0 Å². The Hall–Kier alpha value is -4.76. The van der Waals surface area contributed by atoms with Crippen molar-refractivity contribution in [3.63, 3.8) is 0 Å². The maximum Gasteiger partial charge on any atom is 0.0964 e. The number of hydrogen-bond acceptors (Lipinski definition) is 2. The van der Waals surface area contributed by atoms with E-state index >= 15 is 0 Å². The molecule has 0 N–H and O–H groups in total. The fourth-order valence-electron chi connectivity index (χ4n) is 5.69. The second kappa shape index (κ2) is 6.87. The van der Waals surface area contributed by atoms with Gasteiger partial charge in [-0.15, -0.1) is 0 Å². The van der Waals surface area contributed by atoms with Crippen LogP contribution >= 0.6 is 0 Å². The molecule has 0 saturated carbocycles. The van der Waals surface area contributed by atoms with Crippen molar-refractivity contribution >= 4 is 49.1 Å². The highest BCUT2D eigenvalue weighted by Crippen LogP contribution is 2.42. The van der Waals surface area contributed by atoms with E-state index in [0.29, 0.717) is 0 Å². The van der Waals surface area contributed by atoms with Gasteiger partial charge in [0.15, 0.2) is 0 Å².